The number of nitrogens with zero attached hydrogens (tertiary/aromatic N) is 1. The summed E-state index contributed by atoms with van der Waals surface area (Å²) in [6.45, 7) is 4.04. The van der Waals surface area contributed by atoms with Gasteiger partial charge >= 0.3 is 0 Å². The van der Waals surface area contributed by atoms with Crippen LogP contribution in [0.1, 0.15) is 43.6 Å². The van der Waals surface area contributed by atoms with E-state index in [2.05, 4.69) is 52.7 Å². The van der Waals surface area contributed by atoms with Crippen LogP contribution < -0.4 is 5.32 Å². The summed E-state index contributed by atoms with van der Waals surface area (Å²) in [5.74, 6) is 1.35. The van der Waals surface area contributed by atoms with Gasteiger partial charge in [0.25, 0.3) is 0 Å². The number of amides is 1. The number of benzene rings is 2. The fraction of sp³-hybridized carbons (Fsp3) is 0.522. The van der Waals surface area contributed by atoms with Gasteiger partial charge in [0.1, 0.15) is 0 Å². The largest absolute Gasteiger partial charge is 0.342 e. The third-order valence-corrected chi connectivity index (χ3v) is 7.16. The zero-order valence-electron chi connectivity index (χ0n) is 15.8. The number of hydrogen-bond acceptors (Lipinski definition) is 2. The molecule has 2 saturated heterocycles. The highest BCUT2D eigenvalue weighted by molar-refractivity contribution is 5.86. The number of hydrogen-bond donors (Lipinski definition) is 1. The fourth-order valence-electron chi connectivity index (χ4n) is 5.41. The first-order valence-corrected chi connectivity index (χ1v) is 10.2. The first-order valence-electron chi connectivity index (χ1n) is 10.2. The Balaban J connectivity index is 0.00000180. The SMILES string of the molecule is Cl.O=C(C1CC12CCNCC2)N1CCC(c2cccc3ccccc23)CC1. The Labute approximate surface area is 167 Å². The number of fused-ring (bicyclic) bond motifs is 1. The van der Waals surface area contributed by atoms with Crippen molar-refractivity contribution in [1.29, 1.82) is 0 Å². The van der Waals surface area contributed by atoms with Gasteiger partial charge in [-0.1, -0.05) is 42.5 Å². The van der Waals surface area contributed by atoms with Gasteiger partial charge in [0, 0.05) is 19.0 Å². The molecule has 2 heterocycles. The van der Waals surface area contributed by atoms with E-state index >= 15 is 0 Å². The summed E-state index contributed by atoms with van der Waals surface area (Å²) in [7, 11) is 0. The van der Waals surface area contributed by atoms with E-state index in [1.165, 1.54) is 29.2 Å². The third kappa shape index (κ3) is 3.36. The molecule has 1 unspecified atom stereocenters. The minimum Gasteiger partial charge on any atom is -0.342 e. The molecule has 1 aliphatic carbocycles. The molecule has 1 N–H and O–H groups in total. The molecular weight excluding hydrogens is 356 g/mol. The van der Waals surface area contributed by atoms with Crippen molar-refractivity contribution in [3.63, 3.8) is 0 Å². The highest BCUT2D eigenvalue weighted by Crippen LogP contribution is 2.59. The number of halogens is 1. The second-order valence-electron chi connectivity index (χ2n) is 8.54. The Morgan fingerprint density at radius 3 is 2.48 bits per heavy atom. The van der Waals surface area contributed by atoms with E-state index in [4.69, 9.17) is 0 Å². The Bertz CT molecular complexity index is 817. The van der Waals surface area contributed by atoms with E-state index in [1.807, 2.05) is 0 Å². The Morgan fingerprint density at radius 1 is 1.00 bits per heavy atom. The molecule has 2 aromatic carbocycles. The summed E-state index contributed by atoms with van der Waals surface area (Å²) in [6, 6.07) is 15.4. The van der Waals surface area contributed by atoms with Gasteiger partial charge in [-0.2, -0.15) is 0 Å². The lowest BCUT2D eigenvalue weighted by Gasteiger charge is -2.34. The van der Waals surface area contributed by atoms with Crippen molar-refractivity contribution in [1.82, 2.24) is 10.2 Å². The molecule has 0 radical (unpaired) electrons. The van der Waals surface area contributed by atoms with E-state index in [1.54, 1.807) is 0 Å². The van der Waals surface area contributed by atoms with Crippen LogP contribution in [-0.4, -0.2) is 37.0 Å². The average Bonchev–Trinajstić information content (AvgIpc) is 3.40. The van der Waals surface area contributed by atoms with Gasteiger partial charge < -0.3 is 10.2 Å². The minimum absolute atomic E-state index is 0. The summed E-state index contributed by atoms with van der Waals surface area (Å²) in [4.78, 5) is 15.2. The van der Waals surface area contributed by atoms with Crippen molar-refractivity contribution in [3.8, 4) is 0 Å². The number of carbonyl (C=O) groups excluding carboxylic acids is 1. The van der Waals surface area contributed by atoms with Crippen LogP contribution >= 0.6 is 12.4 Å². The molecule has 4 heteroatoms. The Morgan fingerprint density at radius 2 is 1.70 bits per heavy atom. The van der Waals surface area contributed by atoms with Gasteiger partial charge in [-0.25, -0.2) is 0 Å². The summed E-state index contributed by atoms with van der Waals surface area (Å²) < 4.78 is 0. The normalized spacial score (nSPS) is 24.6. The molecule has 144 valence electrons. The van der Waals surface area contributed by atoms with Crippen LogP contribution in [0.2, 0.25) is 0 Å². The smallest absolute Gasteiger partial charge is 0.226 e. The number of rotatable bonds is 2. The molecule has 3 fully saturated rings. The van der Waals surface area contributed by atoms with Crippen molar-refractivity contribution in [2.24, 2.45) is 11.3 Å². The Hall–Kier alpha value is -1.58. The fourth-order valence-corrected chi connectivity index (χ4v) is 5.41. The molecule has 2 aromatic rings. The van der Waals surface area contributed by atoms with Crippen molar-refractivity contribution in [2.75, 3.05) is 26.2 Å². The lowest BCUT2D eigenvalue weighted by Crippen LogP contribution is -2.40. The number of carbonyl (C=O) groups is 1. The summed E-state index contributed by atoms with van der Waals surface area (Å²) in [5, 5.41) is 6.15. The van der Waals surface area contributed by atoms with E-state index in [9.17, 15) is 4.79 Å². The van der Waals surface area contributed by atoms with E-state index in [0.717, 1.165) is 45.4 Å². The monoisotopic (exact) mass is 384 g/mol. The van der Waals surface area contributed by atoms with Crippen LogP contribution in [0.5, 0.6) is 0 Å². The summed E-state index contributed by atoms with van der Waals surface area (Å²) >= 11 is 0. The Kier molecular flexibility index (Phi) is 5.17. The highest BCUT2D eigenvalue weighted by atomic mass is 35.5. The standard InChI is InChI=1S/C23H28N2O.ClH/c26-22(21-16-23(21)10-12-24-13-11-23)25-14-8-18(9-15-25)20-7-3-5-17-4-1-2-6-19(17)20;/h1-7,18,21,24H,8-16H2;1H. The maximum atomic E-state index is 13.0. The topological polar surface area (TPSA) is 32.3 Å². The van der Waals surface area contributed by atoms with Crippen molar-refractivity contribution in [3.05, 3.63) is 48.0 Å². The maximum absolute atomic E-state index is 13.0. The van der Waals surface area contributed by atoms with E-state index < -0.39 is 0 Å². The molecular formula is C23H29ClN2O. The quantitative estimate of drug-likeness (QED) is 0.834. The molecule has 1 atom stereocenters. The first-order chi connectivity index (χ1) is 12.8. The number of likely N-dealkylation sites (tertiary alicyclic amines) is 1. The zero-order chi connectivity index (χ0) is 17.6. The van der Waals surface area contributed by atoms with Gasteiger partial charge in [-0.15, -0.1) is 12.4 Å². The van der Waals surface area contributed by atoms with Crippen LogP contribution in [0.15, 0.2) is 42.5 Å². The molecule has 27 heavy (non-hydrogen) atoms. The molecule has 3 aliphatic rings. The summed E-state index contributed by atoms with van der Waals surface area (Å²) in [5.41, 5.74) is 1.82. The highest BCUT2D eigenvalue weighted by Gasteiger charge is 2.58. The van der Waals surface area contributed by atoms with Crippen LogP contribution in [-0.2, 0) is 4.79 Å². The second-order valence-corrected chi connectivity index (χ2v) is 8.54. The number of nitrogens with one attached hydrogen (secondary N) is 1. The lowest BCUT2D eigenvalue weighted by molar-refractivity contribution is -0.134. The van der Waals surface area contributed by atoms with Crippen LogP contribution in [0.3, 0.4) is 0 Å². The van der Waals surface area contributed by atoms with Crippen molar-refractivity contribution in [2.45, 2.75) is 38.0 Å². The molecule has 5 rings (SSSR count). The van der Waals surface area contributed by atoms with Gasteiger partial charge in [-0.05, 0) is 72.9 Å². The van der Waals surface area contributed by atoms with Crippen LogP contribution in [0.4, 0.5) is 0 Å². The lowest BCUT2D eigenvalue weighted by atomic mass is 9.86. The third-order valence-electron chi connectivity index (χ3n) is 7.16. The summed E-state index contributed by atoms with van der Waals surface area (Å²) in [6.07, 6.45) is 5.71. The van der Waals surface area contributed by atoms with Crippen LogP contribution in [0.25, 0.3) is 10.8 Å². The zero-order valence-corrected chi connectivity index (χ0v) is 16.6. The first kappa shape index (κ1) is 18.8. The van der Waals surface area contributed by atoms with E-state index in [0.29, 0.717) is 23.2 Å². The minimum atomic E-state index is 0. The van der Waals surface area contributed by atoms with Crippen molar-refractivity contribution < 1.29 is 4.79 Å². The predicted molar refractivity (Wildman–Crippen MR) is 112 cm³/mol. The van der Waals surface area contributed by atoms with E-state index in [-0.39, 0.29) is 12.4 Å². The van der Waals surface area contributed by atoms with Gasteiger partial charge in [0.15, 0.2) is 0 Å². The van der Waals surface area contributed by atoms with Gasteiger partial charge in [-0.3, -0.25) is 4.79 Å². The maximum Gasteiger partial charge on any atom is 0.226 e. The second kappa shape index (κ2) is 7.44. The molecule has 0 aromatic heterocycles. The molecule has 3 nitrogen and oxygen atoms in total. The van der Waals surface area contributed by atoms with Crippen molar-refractivity contribution >= 4 is 29.1 Å². The van der Waals surface area contributed by atoms with Crippen LogP contribution in [0, 0.1) is 11.3 Å². The van der Waals surface area contributed by atoms with Gasteiger partial charge in [0.2, 0.25) is 5.91 Å². The number of piperidine rings is 2. The predicted octanol–water partition coefficient (Wildman–Crippen LogP) is 4.36. The molecule has 1 saturated carbocycles. The van der Waals surface area contributed by atoms with Gasteiger partial charge in [0.05, 0.1) is 0 Å². The average molecular weight is 385 g/mol. The molecule has 0 bridgehead atoms. The molecule has 2 aliphatic heterocycles. The molecule has 1 spiro atoms. The molecule has 1 amide bonds.